The molecule has 128 valence electrons. The molecule has 1 rings (SSSR count). The van der Waals surface area contributed by atoms with Crippen molar-refractivity contribution in [2.24, 2.45) is 0 Å². The first kappa shape index (κ1) is 19.2. The van der Waals surface area contributed by atoms with Crippen molar-refractivity contribution in [3.05, 3.63) is 47.7 Å². The Bertz CT molecular complexity index is 637. The first-order chi connectivity index (χ1) is 11.2. The number of nitriles is 1. The summed E-state index contributed by atoms with van der Waals surface area (Å²) in [7, 11) is 0. The van der Waals surface area contributed by atoms with Crippen LogP contribution >= 0.6 is 0 Å². The number of nitrogens with one attached hydrogen (secondary N) is 2. The van der Waals surface area contributed by atoms with Crippen molar-refractivity contribution < 1.29 is 14.3 Å². The third-order valence-electron chi connectivity index (χ3n) is 2.91. The number of carbonyl (C=O) groups excluding carboxylic acids is 2. The molecule has 2 amide bonds. The summed E-state index contributed by atoms with van der Waals surface area (Å²) in [5.41, 5.74) is 1.03. The molecule has 6 heteroatoms. The Morgan fingerprint density at radius 2 is 1.92 bits per heavy atom. The number of nitrogens with zero attached hydrogens (tertiary/aromatic N) is 1. The van der Waals surface area contributed by atoms with Crippen LogP contribution in [0.2, 0.25) is 0 Å². The van der Waals surface area contributed by atoms with E-state index in [4.69, 9.17) is 10.00 Å². The van der Waals surface area contributed by atoms with E-state index in [1.807, 2.05) is 12.1 Å². The molecule has 0 unspecified atom stereocenters. The second-order valence-corrected chi connectivity index (χ2v) is 6.29. The third kappa shape index (κ3) is 7.45. The smallest absolute Gasteiger partial charge is 0.408 e. The lowest BCUT2D eigenvalue weighted by Crippen LogP contribution is -2.45. The molecule has 24 heavy (non-hydrogen) atoms. The van der Waals surface area contributed by atoms with Crippen molar-refractivity contribution in [2.45, 2.75) is 45.8 Å². The van der Waals surface area contributed by atoms with Gasteiger partial charge < -0.3 is 15.4 Å². The van der Waals surface area contributed by atoms with E-state index in [2.05, 4.69) is 16.7 Å². The van der Waals surface area contributed by atoms with E-state index in [0.717, 1.165) is 5.56 Å². The van der Waals surface area contributed by atoms with Gasteiger partial charge in [0, 0.05) is 6.20 Å². The molecule has 0 saturated heterocycles. The average molecular weight is 329 g/mol. The Labute approximate surface area is 142 Å². The molecule has 1 aromatic rings. The molecule has 0 aromatic heterocycles. The number of rotatable bonds is 5. The number of allylic oxidation sites excluding steroid dienone is 1. The number of hydrogen-bond donors (Lipinski definition) is 2. The van der Waals surface area contributed by atoms with Crippen LogP contribution in [0.1, 0.15) is 38.8 Å². The summed E-state index contributed by atoms with van der Waals surface area (Å²) >= 11 is 0. The number of amides is 2. The van der Waals surface area contributed by atoms with Crippen LogP contribution in [-0.2, 0) is 16.0 Å². The van der Waals surface area contributed by atoms with Crippen LogP contribution in [0.5, 0.6) is 0 Å². The van der Waals surface area contributed by atoms with Gasteiger partial charge in [-0.15, -0.1) is 0 Å². The average Bonchev–Trinajstić information content (AvgIpc) is 2.49. The van der Waals surface area contributed by atoms with Crippen LogP contribution in [0, 0.1) is 11.3 Å². The van der Waals surface area contributed by atoms with Gasteiger partial charge in [0.15, 0.2) is 0 Å². The van der Waals surface area contributed by atoms with Gasteiger partial charge >= 0.3 is 6.09 Å². The number of carbonyl (C=O) groups is 2. The minimum atomic E-state index is -0.709. The van der Waals surface area contributed by atoms with Crippen LogP contribution < -0.4 is 10.6 Å². The molecule has 0 bridgehead atoms. The Balaban J connectivity index is 2.38. The molecular formula is C18H23N3O3. The number of alkyl carbamates (subject to hydrolysis) is 1. The second kappa shape index (κ2) is 8.73. The third-order valence-corrected chi connectivity index (χ3v) is 2.91. The van der Waals surface area contributed by atoms with Crippen LogP contribution in [0.4, 0.5) is 4.79 Å². The molecule has 0 fully saturated rings. The topological polar surface area (TPSA) is 91.2 Å². The lowest BCUT2D eigenvalue weighted by Gasteiger charge is -2.21. The highest BCUT2D eigenvalue weighted by Gasteiger charge is 2.20. The van der Waals surface area contributed by atoms with Gasteiger partial charge in [-0.2, -0.15) is 5.26 Å². The highest BCUT2D eigenvalue weighted by Crippen LogP contribution is 2.07. The molecule has 0 spiro atoms. The lowest BCUT2D eigenvalue weighted by molar-refractivity contribution is -0.121. The predicted octanol–water partition coefficient (Wildman–Crippen LogP) is 2.64. The van der Waals surface area contributed by atoms with E-state index in [1.165, 1.54) is 6.20 Å². The summed E-state index contributed by atoms with van der Waals surface area (Å²) in [5.74, 6) is -0.336. The van der Waals surface area contributed by atoms with Gasteiger partial charge in [-0.3, -0.25) is 4.79 Å². The standard InChI is InChI=1S/C18H23N3O3/c1-13(21-17(23)24-18(2,3)4)16(22)20-11-5-6-14-7-9-15(12-19)10-8-14/h5,7-11,13H,6H2,1-4H3,(H,20,22)(H,21,23)/b11-5+/t13-/m1/s1. The summed E-state index contributed by atoms with van der Waals surface area (Å²) in [5, 5.41) is 13.8. The summed E-state index contributed by atoms with van der Waals surface area (Å²) in [6, 6.07) is 8.56. The van der Waals surface area contributed by atoms with Crippen LogP contribution in [0.15, 0.2) is 36.5 Å². The van der Waals surface area contributed by atoms with Crippen molar-refractivity contribution in [1.29, 1.82) is 5.26 Å². The molecular weight excluding hydrogens is 306 g/mol. The van der Waals surface area contributed by atoms with Gasteiger partial charge in [-0.1, -0.05) is 18.2 Å². The van der Waals surface area contributed by atoms with E-state index < -0.39 is 17.7 Å². The summed E-state index contributed by atoms with van der Waals surface area (Å²) in [6.07, 6.45) is 3.32. The van der Waals surface area contributed by atoms with Crippen LogP contribution in [-0.4, -0.2) is 23.6 Å². The lowest BCUT2D eigenvalue weighted by atomic mass is 10.1. The SMILES string of the molecule is C[C@@H](NC(=O)OC(C)(C)C)C(=O)N/C=C/Cc1ccc(C#N)cc1. The van der Waals surface area contributed by atoms with Crippen molar-refractivity contribution in [3.8, 4) is 6.07 Å². The van der Waals surface area contributed by atoms with Crippen LogP contribution in [0.3, 0.4) is 0 Å². The highest BCUT2D eigenvalue weighted by molar-refractivity contribution is 5.85. The second-order valence-electron chi connectivity index (χ2n) is 6.29. The maximum Gasteiger partial charge on any atom is 0.408 e. The van der Waals surface area contributed by atoms with Gasteiger partial charge in [-0.05, 0) is 51.8 Å². The Hall–Kier alpha value is -2.81. The fraction of sp³-hybridized carbons (Fsp3) is 0.389. The molecule has 0 aliphatic heterocycles. The first-order valence-corrected chi connectivity index (χ1v) is 7.65. The Morgan fingerprint density at radius 3 is 2.46 bits per heavy atom. The summed E-state index contributed by atoms with van der Waals surface area (Å²) in [6.45, 7) is 6.84. The van der Waals surface area contributed by atoms with Crippen molar-refractivity contribution in [3.63, 3.8) is 0 Å². The van der Waals surface area contributed by atoms with E-state index >= 15 is 0 Å². The van der Waals surface area contributed by atoms with Crippen molar-refractivity contribution in [1.82, 2.24) is 10.6 Å². The maximum atomic E-state index is 11.9. The molecule has 1 aromatic carbocycles. The van der Waals surface area contributed by atoms with E-state index in [-0.39, 0.29) is 5.91 Å². The van der Waals surface area contributed by atoms with Crippen LogP contribution in [0.25, 0.3) is 0 Å². The summed E-state index contributed by atoms with van der Waals surface area (Å²) in [4.78, 5) is 23.5. The predicted molar refractivity (Wildman–Crippen MR) is 91.0 cm³/mol. The molecule has 0 heterocycles. The largest absolute Gasteiger partial charge is 0.444 e. The maximum absolute atomic E-state index is 11.9. The fourth-order valence-electron chi connectivity index (χ4n) is 1.73. The molecule has 0 radical (unpaired) electrons. The minimum Gasteiger partial charge on any atom is -0.444 e. The zero-order valence-corrected chi connectivity index (χ0v) is 14.4. The normalized spacial score (nSPS) is 12.3. The van der Waals surface area contributed by atoms with E-state index in [0.29, 0.717) is 12.0 Å². The zero-order valence-electron chi connectivity index (χ0n) is 14.4. The molecule has 2 N–H and O–H groups in total. The molecule has 0 saturated carbocycles. The van der Waals surface area contributed by atoms with E-state index in [1.54, 1.807) is 45.9 Å². The van der Waals surface area contributed by atoms with E-state index in [9.17, 15) is 9.59 Å². The van der Waals surface area contributed by atoms with Crippen molar-refractivity contribution >= 4 is 12.0 Å². The Kier molecular flexibility index (Phi) is 6.99. The van der Waals surface area contributed by atoms with Gasteiger partial charge in [0.2, 0.25) is 5.91 Å². The van der Waals surface area contributed by atoms with Gasteiger partial charge in [0.25, 0.3) is 0 Å². The summed E-state index contributed by atoms with van der Waals surface area (Å²) < 4.78 is 5.09. The number of ether oxygens (including phenoxy) is 1. The monoisotopic (exact) mass is 329 g/mol. The quantitative estimate of drug-likeness (QED) is 0.869. The zero-order chi connectivity index (χ0) is 18.2. The minimum absolute atomic E-state index is 0.336. The molecule has 6 nitrogen and oxygen atoms in total. The van der Waals surface area contributed by atoms with Crippen molar-refractivity contribution in [2.75, 3.05) is 0 Å². The molecule has 0 aliphatic carbocycles. The molecule has 1 atom stereocenters. The van der Waals surface area contributed by atoms with Gasteiger partial charge in [-0.25, -0.2) is 4.79 Å². The van der Waals surface area contributed by atoms with Gasteiger partial charge in [0.1, 0.15) is 11.6 Å². The number of benzene rings is 1. The molecule has 0 aliphatic rings. The first-order valence-electron chi connectivity index (χ1n) is 7.65. The number of hydrogen-bond acceptors (Lipinski definition) is 4. The highest BCUT2D eigenvalue weighted by atomic mass is 16.6. The Morgan fingerprint density at radius 1 is 1.29 bits per heavy atom. The fourth-order valence-corrected chi connectivity index (χ4v) is 1.73. The van der Waals surface area contributed by atoms with Gasteiger partial charge in [0.05, 0.1) is 11.6 Å².